The summed E-state index contributed by atoms with van der Waals surface area (Å²) in [7, 11) is -4.29. The quantitative estimate of drug-likeness (QED) is 0.869. The van der Waals surface area contributed by atoms with E-state index in [-0.39, 0.29) is 5.02 Å². The van der Waals surface area contributed by atoms with Crippen LogP contribution >= 0.6 is 11.6 Å². The number of halogens is 2. The molecule has 0 spiro atoms. The van der Waals surface area contributed by atoms with E-state index in [9.17, 15) is 17.6 Å². The van der Waals surface area contributed by atoms with Crippen molar-refractivity contribution in [3.63, 3.8) is 0 Å². The molecule has 0 fully saturated rings. The zero-order chi connectivity index (χ0) is 14.8. The molecule has 19 heavy (non-hydrogen) atoms. The first-order valence-electron chi connectivity index (χ1n) is 5.35. The van der Waals surface area contributed by atoms with E-state index in [0.717, 1.165) is 12.1 Å². The molecule has 0 amide bonds. The lowest BCUT2D eigenvalue weighted by Crippen LogP contribution is -2.44. The van der Waals surface area contributed by atoms with Crippen molar-refractivity contribution >= 4 is 27.6 Å². The average molecular weight is 310 g/mol. The third-order valence-corrected chi connectivity index (χ3v) is 4.09. The summed E-state index contributed by atoms with van der Waals surface area (Å²) in [6.07, 6.45) is 0. The lowest BCUT2D eigenvalue weighted by atomic mass is 10.1. The molecule has 0 aliphatic carbocycles. The van der Waals surface area contributed by atoms with Crippen molar-refractivity contribution in [1.82, 2.24) is 4.72 Å². The molecule has 0 bridgehead atoms. The number of carboxylic acids is 1. The number of benzene rings is 1. The molecule has 106 valence electrons. The van der Waals surface area contributed by atoms with E-state index in [1.54, 1.807) is 0 Å². The average Bonchev–Trinajstić information content (AvgIpc) is 2.28. The highest BCUT2D eigenvalue weighted by atomic mass is 35.5. The van der Waals surface area contributed by atoms with Crippen LogP contribution in [0.25, 0.3) is 0 Å². The van der Waals surface area contributed by atoms with Crippen LogP contribution in [0.1, 0.15) is 13.8 Å². The summed E-state index contributed by atoms with van der Waals surface area (Å²) in [5.74, 6) is -2.82. The molecule has 5 nitrogen and oxygen atoms in total. The number of rotatable bonds is 5. The van der Waals surface area contributed by atoms with Gasteiger partial charge in [0.15, 0.2) is 0 Å². The standard InChI is InChI=1S/C11H13ClFNO4S/c1-6(2)10(11(15)16)14-19(17,18)9-5-7(12)3-4-8(9)13/h3-6,10,14H,1-2H3,(H,15,16)/t10-/m1/s1. The summed E-state index contributed by atoms with van der Waals surface area (Å²) >= 11 is 5.61. The number of sulfonamides is 1. The van der Waals surface area contributed by atoms with Crippen molar-refractivity contribution in [1.29, 1.82) is 0 Å². The van der Waals surface area contributed by atoms with Crippen molar-refractivity contribution in [2.45, 2.75) is 24.8 Å². The maximum atomic E-state index is 13.5. The van der Waals surface area contributed by atoms with Crippen LogP contribution in [-0.4, -0.2) is 25.5 Å². The van der Waals surface area contributed by atoms with E-state index < -0.39 is 38.7 Å². The monoisotopic (exact) mass is 309 g/mol. The maximum Gasteiger partial charge on any atom is 0.322 e. The minimum absolute atomic E-state index is 0.0400. The van der Waals surface area contributed by atoms with E-state index >= 15 is 0 Å². The fraction of sp³-hybridized carbons (Fsp3) is 0.364. The van der Waals surface area contributed by atoms with E-state index in [4.69, 9.17) is 16.7 Å². The summed E-state index contributed by atoms with van der Waals surface area (Å²) in [5.41, 5.74) is 0. The van der Waals surface area contributed by atoms with Crippen LogP contribution in [0.3, 0.4) is 0 Å². The Hall–Kier alpha value is -1.18. The van der Waals surface area contributed by atoms with Gasteiger partial charge >= 0.3 is 5.97 Å². The van der Waals surface area contributed by atoms with Crippen LogP contribution in [0.2, 0.25) is 5.02 Å². The topological polar surface area (TPSA) is 83.5 Å². The maximum absolute atomic E-state index is 13.5. The van der Waals surface area contributed by atoms with Gasteiger partial charge in [0.1, 0.15) is 16.8 Å². The Morgan fingerprint density at radius 2 is 2.00 bits per heavy atom. The Morgan fingerprint density at radius 1 is 1.42 bits per heavy atom. The van der Waals surface area contributed by atoms with Crippen LogP contribution < -0.4 is 4.72 Å². The van der Waals surface area contributed by atoms with Gasteiger partial charge < -0.3 is 5.11 Å². The Balaban J connectivity index is 3.17. The molecular weight excluding hydrogens is 297 g/mol. The summed E-state index contributed by atoms with van der Waals surface area (Å²) < 4.78 is 39.3. The molecule has 0 unspecified atom stereocenters. The van der Waals surface area contributed by atoms with Crippen molar-refractivity contribution in [2.24, 2.45) is 5.92 Å². The molecule has 0 saturated carbocycles. The smallest absolute Gasteiger partial charge is 0.322 e. The molecular formula is C11H13ClFNO4S. The minimum Gasteiger partial charge on any atom is -0.480 e. The largest absolute Gasteiger partial charge is 0.480 e. The minimum atomic E-state index is -4.29. The van der Waals surface area contributed by atoms with Gasteiger partial charge in [-0.15, -0.1) is 0 Å². The van der Waals surface area contributed by atoms with Gasteiger partial charge in [-0.2, -0.15) is 4.72 Å². The predicted octanol–water partition coefficient (Wildman–Crippen LogP) is 1.87. The third-order valence-electron chi connectivity index (χ3n) is 2.40. The number of hydrogen-bond donors (Lipinski definition) is 2. The highest BCUT2D eigenvalue weighted by Gasteiger charge is 2.29. The summed E-state index contributed by atoms with van der Waals surface area (Å²) in [4.78, 5) is 10.3. The highest BCUT2D eigenvalue weighted by molar-refractivity contribution is 7.89. The third kappa shape index (κ3) is 3.89. The Bertz CT molecular complexity index is 588. The van der Waals surface area contributed by atoms with E-state index in [0.29, 0.717) is 0 Å². The molecule has 1 aromatic rings. The van der Waals surface area contributed by atoms with Gasteiger partial charge in [0.05, 0.1) is 0 Å². The molecule has 1 rings (SSSR count). The van der Waals surface area contributed by atoms with Crippen molar-refractivity contribution in [2.75, 3.05) is 0 Å². The molecule has 0 saturated heterocycles. The predicted molar refractivity (Wildman–Crippen MR) is 68.0 cm³/mol. The van der Waals surface area contributed by atoms with Gasteiger partial charge in [0.2, 0.25) is 10.0 Å². The van der Waals surface area contributed by atoms with Crippen molar-refractivity contribution < 1.29 is 22.7 Å². The lowest BCUT2D eigenvalue weighted by molar-refractivity contribution is -0.140. The number of nitrogens with one attached hydrogen (secondary N) is 1. The van der Waals surface area contributed by atoms with Gasteiger partial charge in [-0.05, 0) is 24.1 Å². The summed E-state index contributed by atoms with van der Waals surface area (Å²) in [6.45, 7) is 3.07. The van der Waals surface area contributed by atoms with Crippen LogP contribution in [0, 0.1) is 11.7 Å². The number of aliphatic carboxylic acids is 1. The van der Waals surface area contributed by atoms with Crippen LogP contribution in [0.4, 0.5) is 4.39 Å². The fourth-order valence-corrected chi connectivity index (χ4v) is 3.06. The van der Waals surface area contributed by atoms with E-state index in [2.05, 4.69) is 0 Å². The Morgan fingerprint density at radius 3 is 2.47 bits per heavy atom. The molecule has 1 atom stereocenters. The highest BCUT2D eigenvalue weighted by Crippen LogP contribution is 2.20. The molecule has 2 N–H and O–H groups in total. The second-order valence-electron chi connectivity index (χ2n) is 4.26. The van der Waals surface area contributed by atoms with Gasteiger partial charge in [0, 0.05) is 5.02 Å². The van der Waals surface area contributed by atoms with Crippen LogP contribution in [-0.2, 0) is 14.8 Å². The normalized spacial score (nSPS) is 13.5. The first-order valence-corrected chi connectivity index (χ1v) is 7.21. The van der Waals surface area contributed by atoms with Gasteiger partial charge in [-0.25, -0.2) is 12.8 Å². The van der Waals surface area contributed by atoms with E-state index in [1.807, 2.05) is 4.72 Å². The van der Waals surface area contributed by atoms with Gasteiger partial charge in [-0.3, -0.25) is 4.79 Å². The van der Waals surface area contributed by atoms with E-state index in [1.165, 1.54) is 19.9 Å². The summed E-state index contributed by atoms with van der Waals surface area (Å²) in [6, 6.07) is 1.69. The fourth-order valence-electron chi connectivity index (χ4n) is 1.39. The second-order valence-corrected chi connectivity index (χ2v) is 6.37. The van der Waals surface area contributed by atoms with Crippen molar-refractivity contribution in [3.8, 4) is 0 Å². The Kier molecular flexibility index (Phi) is 4.89. The summed E-state index contributed by atoms with van der Waals surface area (Å²) in [5, 5.41) is 8.97. The molecule has 8 heteroatoms. The zero-order valence-electron chi connectivity index (χ0n) is 10.2. The molecule has 1 aromatic carbocycles. The molecule has 0 radical (unpaired) electrons. The SMILES string of the molecule is CC(C)[C@@H](NS(=O)(=O)c1cc(Cl)ccc1F)C(=O)O. The zero-order valence-corrected chi connectivity index (χ0v) is 11.8. The molecule has 0 aromatic heterocycles. The lowest BCUT2D eigenvalue weighted by Gasteiger charge is -2.18. The molecule has 0 aliphatic rings. The molecule has 0 heterocycles. The van der Waals surface area contributed by atoms with Crippen LogP contribution in [0.5, 0.6) is 0 Å². The Labute approximate surface area is 115 Å². The van der Waals surface area contributed by atoms with Crippen LogP contribution in [0.15, 0.2) is 23.1 Å². The van der Waals surface area contributed by atoms with Gasteiger partial charge in [0.25, 0.3) is 0 Å². The van der Waals surface area contributed by atoms with Crippen molar-refractivity contribution in [3.05, 3.63) is 29.0 Å². The second kappa shape index (κ2) is 5.85. The first kappa shape index (κ1) is 15.9. The number of hydrogen-bond acceptors (Lipinski definition) is 3. The first-order chi connectivity index (χ1) is 8.65. The number of carbonyl (C=O) groups is 1. The van der Waals surface area contributed by atoms with Gasteiger partial charge in [-0.1, -0.05) is 25.4 Å². The number of carboxylic acid groups (broad SMARTS) is 1. The molecule has 0 aliphatic heterocycles.